The molecular formula is C17H14Cl2N2OS. The molecule has 0 aliphatic heterocycles. The van der Waals surface area contributed by atoms with Crippen LogP contribution >= 0.6 is 35.4 Å². The van der Waals surface area contributed by atoms with Gasteiger partial charge in [-0.25, -0.2) is 0 Å². The van der Waals surface area contributed by atoms with Gasteiger partial charge in [0.25, 0.3) is 0 Å². The van der Waals surface area contributed by atoms with Gasteiger partial charge in [0.15, 0.2) is 5.11 Å². The van der Waals surface area contributed by atoms with Crippen molar-refractivity contribution in [3.05, 3.63) is 75.8 Å². The molecule has 2 rings (SSSR count). The second kappa shape index (κ2) is 8.67. The van der Waals surface area contributed by atoms with E-state index in [1.807, 2.05) is 30.3 Å². The Labute approximate surface area is 150 Å². The minimum atomic E-state index is -0.309. The molecule has 0 saturated heterocycles. The molecule has 2 aromatic rings. The molecule has 0 saturated carbocycles. The van der Waals surface area contributed by atoms with E-state index in [0.29, 0.717) is 16.6 Å². The topological polar surface area (TPSA) is 41.1 Å². The third-order valence-electron chi connectivity index (χ3n) is 2.93. The van der Waals surface area contributed by atoms with Gasteiger partial charge in [-0.3, -0.25) is 10.1 Å². The highest BCUT2D eigenvalue weighted by Gasteiger charge is 2.03. The lowest BCUT2D eigenvalue weighted by molar-refractivity contribution is -0.115. The molecule has 118 valence electrons. The highest BCUT2D eigenvalue weighted by atomic mass is 35.5. The van der Waals surface area contributed by atoms with Gasteiger partial charge in [-0.1, -0.05) is 53.5 Å². The molecule has 6 heteroatoms. The van der Waals surface area contributed by atoms with E-state index in [4.69, 9.17) is 35.4 Å². The molecule has 0 heterocycles. The Hall–Kier alpha value is -1.88. The molecule has 23 heavy (non-hydrogen) atoms. The molecule has 0 aliphatic rings. The highest BCUT2D eigenvalue weighted by molar-refractivity contribution is 7.80. The lowest BCUT2D eigenvalue weighted by Gasteiger charge is -2.09. The minimum absolute atomic E-state index is 0.246. The summed E-state index contributed by atoms with van der Waals surface area (Å²) in [6.45, 7) is 0.444. The van der Waals surface area contributed by atoms with Crippen molar-refractivity contribution >= 4 is 52.5 Å². The van der Waals surface area contributed by atoms with Gasteiger partial charge in [0.2, 0.25) is 5.91 Å². The standard InChI is InChI=1S/C17H14Cl2N2OS/c18-14-8-5-12(6-9-14)7-10-16(22)21-17(23)20-11-13-3-1-2-4-15(13)19/h1-10H,11H2,(H2,20,21,22,23)/b10-7+. The lowest BCUT2D eigenvalue weighted by atomic mass is 10.2. The first-order chi connectivity index (χ1) is 11.0. The van der Waals surface area contributed by atoms with E-state index in [-0.39, 0.29) is 11.0 Å². The van der Waals surface area contributed by atoms with Gasteiger partial charge in [0, 0.05) is 22.7 Å². The number of halogens is 2. The van der Waals surface area contributed by atoms with Crippen molar-refractivity contribution in [1.29, 1.82) is 0 Å². The number of benzene rings is 2. The number of carbonyl (C=O) groups excluding carboxylic acids is 1. The average Bonchev–Trinajstić information content (AvgIpc) is 2.53. The lowest BCUT2D eigenvalue weighted by Crippen LogP contribution is -2.38. The molecular weight excluding hydrogens is 351 g/mol. The Bertz CT molecular complexity index is 730. The number of amides is 1. The van der Waals surface area contributed by atoms with Gasteiger partial charge >= 0.3 is 0 Å². The minimum Gasteiger partial charge on any atom is -0.358 e. The molecule has 0 radical (unpaired) electrons. The van der Waals surface area contributed by atoms with Crippen molar-refractivity contribution < 1.29 is 4.79 Å². The van der Waals surface area contributed by atoms with Crippen LogP contribution in [-0.2, 0) is 11.3 Å². The van der Waals surface area contributed by atoms with E-state index >= 15 is 0 Å². The predicted octanol–water partition coefficient (Wildman–Crippen LogP) is 4.20. The van der Waals surface area contributed by atoms with Crippen LogP contribution in [0.5, 0.6) is 0 Å². The summed E-state index contributed by atoms with van der Waals surface area (Å²) in [5.41, 5.74) is 1.78. The smallest absolute Gasteiger partial charge is 0.250 e. The molecule has 0 atom stereocenters. The fourth-order valence-corrected chi connectivity index (χ4v) is 2.26. The fourth-order valence-electron chi connectivity index (χ4n) is 1.76. The Balaban J connectivity index is 1.81. The maximum absolute atomic E-state index is 11.8. The largest absolute Gasteiger partial charge is 0.358 e. The first kappa shape index (κ1) is 17.5. The molecule has 3 nitrogen and oxygen atoms in total. The Morgan fingerprint density at radius 2 is 1.78 bits per heavy atom. The Morgan fingerprint density at radius 3 is 2.48 bits per heavy atom. The predicted molar refractivity (Wildman–Crippen MR) is 99.5 cm³/mol. The van der Waals surface area contributed by atoms with E-state index < -0.39 is 0 Å². The number of hydrogen-bond donors (Lipinski definition) is 2. The molecule has 0 fully saturated rings. The normalized spacial score (nSPS) is 10.5. The van der Waals surface area contributed by atoms with Crippen LogP contribution in [0.15, 0.2) is 54.6 Å². The van der Waals surface area contributed by atoms with E-state index in [0.717, 1.165) is 11.1 Å². The van der Waals surface area contributed by atoms with Crippen molar-refractivity contribution in [3.8, 4) is 0 Å². The number of rotatable bonds is 4. The average molecular weight is 365 g/mol. The number of thiocarbonyl (C=S) groups is 1. The first-order valence-electron chi connectivity index (χ1n) is 6.80. The summed E-state index contributed by atoms with van der Waals surface area (Å²) in [5.74, 6) is -0.309. The summed E-state index contributed by atoms with van der Waals surface area (Å²) in [5, 5.41) is 7.06. The maximum atomic E-state index is 11.8. The highest BCUT2D eigenvalue weighted by Crippen LogP contribution is 2.14. The molecule has 2 N–H and O–H groups in total. The molecule has 0 aliphatic carbocycles. The molecule has 2 aromatic carbocycles. The quantitative estimate of drug-likeness (QED) is 0.630. The summed E-state index contributed by atoms with van der Waals surface area (Å²) in [6, 6.07) is 14.6. The third kappa shape index (κ3) is 6.02. The summed E-state index contributed by atoms with van der Waals surface area (Å²) in [4.78, 5) is 11.8. The second-order valence-electron chi connectivity index (χ2n) is 4.65. The molecule has 1 amide bonds. The summed E-state index contributed by atoms with van der Waals surface area (Å²) >= 11 is 16.9. The zero-order valence-electron chi connectivity index (χ0n) is 12.1. The van der Waals surface area contributed by atoms with Gasteiger partial charge < -0.3 is 5.32 Å². The SMILES string of the molecule is O=C(/C=C/c1ccc(Cl)cc1)NC(=S)NCc1ccccc1Cl. The molecule has 0 spiro atoms. The third-order valence-corrected chi connectivity index (χ3v) is 3.80. The monoisotopic (exact) mass is 364 g/mol. The molecule has 0 unspecified atom stereocenters. The van der Waals surface area contributed by atoms with Gasteiger partial charge in [-0.05, 0) is 47.6 Å². The maximum Gasteiger partial charge on any atom is 0.250 e. The number of hydrogen-bond acceptors (Lipinski definition) is 2. The van der Waals surface area contributed by atoms with Crippen molar-refractivity contribution in [2.24, 2.45) is 0 Å². The van der Waals surface area contributed by atoms with Crippen molar-refractivity contribution in [2.75, 3.05) is 0 Å². The van der Waals surface area contributed by atoms with Crippen molar-refractivity contribution in [3.63, 3.8) is 0 Å². The zero-order valence-corrected chi connectivity index (χ0v) is 14.4. The Morgan fingerprint density at radius 1 is 1.09 bits per heavy atom. The van der Waals surface area contributed by atoms with E-state index in [9.17, 15) is 4.79 Å². The van der Waals surface area contributed by atoms with Crippen molar-refractivity contribution in [1.82, 2.24) is 10.6 Å². The van der Waals surface area contributed by atoms with Crippen LogP contribution in [0.4, 0.5) is 0 Å². The van der Waals surface area contributed by atoms with Gasteiger partial charge in [0.1, 0.15) is 0 Å². The summed E-state index contributed by atoms with van der Waals surface area (Å²) < 4.78 is 0. The van der Waals surface area contributed by atoms with Crippen LogP contribution in [0.25, 0.3) is 6.08 Å². The van der Waals surface area contributed by atoms with E-state index in [1.54, 1.807) is 24.3 Å². The van der Waals surface area contributed by atoms with Gasteiger partial charge in [-0.2, -0.15) is 0 Å². The van der Waals surface area contributed by atoms with Gasteiger partial charge in [-0.15, -0.1) is 0 Å². The van der Waals surface area contributed by atoms with Crippen LogP contribution in [0, 0.1) is 0 Å². The number of nitrogens with one attached hydrogen (secondary N) is 2. The van der Waals surface area contributed by atoms with Crippen LogP contribution < -0.4 is 10.6 Å². The first-order valence-corrected chi connectivity index (χ1v) is 7.97. The Kier molecular flexibility index (Phi) is 6.59. The van der Waals surface area contributed by atoms with Gasteiger partial charge in [0.05, 0.1) is 0 Å². The van der Waals surface area contributed by atoms with Crippen LogP contribution in [0.3, 0.4) is 0 Å². The van der Waals surface area contributed by atoms with Crippen LogP contribution in [-0.4, -0.2) is 11.0 Å². The fraction of sp³-hybridized carbons (Fsp3) is 0.0588. The van der Waals surface area contributed by atoms with Crippen molar-refractivity contribution in [2.45, 2.75) is 6.54 Å². The molecule has 0 bridgehead atoms. The van der Waals surface area contributed by atoms with E-state index in [1.165, 1.54) is 6.08 Å². The summed E-state index contributed by atoms with van der Waals surface area (Å²) in [7, 11) is 0. The van der Waals surface area contributed by atoms with Crippen LogP contribution in [0.1, 0.15) is 11.1 Å². The zero-order chi connectivity index (χ0) is 16.7. The number of carbonyl (C=O) groups is 1. The molecule has 0 aromatic heterocycles. The van der Waals surface area contributed by atoms with Crippen LogP contribution in [0.2, 0.25) is 10.0 Å². The summed E-state index contributed by atoms with van der Waals surface area (Å²) in [6.07, 6.45) is 3.09. The van der Waals surface area contributed by atoms with E-state index in [2.05, 4.69) is 10.6 Å². The second-order valence-corrected chi connectivity index (χ2v) is 5.90.